The van der Waals surface area contributed by atoms with Crippen molar-refractivity contribution in [1.82, 2.24) is 0 Å². The van der Waals surface area contributed by atoms with Gasteiger partial charge in [-0.3, -0.25) is 19.2 Å². The number of carbonyl (C=O) groups excluding carboxylic acids is 8. The third-order valence-corrected chi connectivity index (χ3v) is 8.86. The highest BCUT2D eigenvalue weighted by Crippen LogP contribution is 2.23. The van der Waals surface area contributed by atoms with Crippen molar-refractivity contribution >= 4 is 69.5 Å². The van der Waals surface area contributed by atoms with E-state index in [1.54, 1.807) is 18.2 Å². The minimum absolute atomic E-state index is 0.0253. The van der Waals surface area contributed by atoms with Gasteiger partial charge < -0.3 is 23.7 Å². The molecule has 0 radical (unpaired) electrons. The molecule has 0 bridgehead atoms. The zero-order valence-corrected chi connectivity index (χ0v) is 32.8. The topological polar surface area (TPSA) is 183 Å². The fourth-order valence-electron chi connectivity index (χ4n) is 5.45. The second-order valence-electron chi connectivity index (χ2n) is 12.8. The van der Waals surface area contributed by atoms with Gasteiger partial charge in [0.15, 0.2) is 0 Å². The lowest BCUT2D eigenvalue weighted by molar-refractivity contribution is -0.134. The van der Waals surface area contributed by atoms with Gasteiger partial charge in [-0.2, -0.15) is 0 Å². The largest absolute Gasteiger partial charge is 0.426 e. The second-order valence-corrected chi connectivity index (χ2v) is 13.5. The van der Waals surface area contributed by atoms with Crippen molar-refractivity contribution < 1.29 is 62.0 Å². The molecule has 0 amide bonds. The molecule has 0 atom stereocenters. The zero-order chi connectivity index (χ0) is 43.5. The Kier molecular flexibility index (Phi) is 13.9. The van der Waals surface area contributed by atoms with Crippen molar-refractivity contribution in [3.63, 3.8) is 0 Å². The van der Waals surface area contributed by atoms with Crippen molar-refractivity contribution in [2.24, 2.45) is 0 Å². The summed E-state index contributed by atoms with van der Waals surface area (Å²) < 4.78 is 26.6. The highest BCUT2D eigenvalue weighted by molar-refractivity contribution is 6.68. The van der Waals surface area contributed by atoms with Gasteiger partial charge in [0.1, 0.15) is 23.0 Å². The monoisotopic (exact) mass is 858 g/mol. The first-order chi connectivity index (χ1) is 29.3. The van der Waals surface area contributed by atoms with Crippen LogP contribution >= 0.6 is 23.2 Å². The van der Waals surface area contributed by atoms with Crippen molar-refractivity contribution in [2.75, 3.05) is 0 Å². The Bertz CT molecular complexity index is 2670. The van der Waals surface area contributed by atoms with E-state index in [9.17, 15) is 38.4 Å². The summed E-state index contributed by atoms with van der Waals surface area (Å²) in [5.41, 5.74) is 1.61. The Morgan fingerprint density at radius 3 is 1.16 bits per heavy atom. The lowest BCUT2D eigenvalue weighted by Crippen LogP contribution is -2.15. The lowest BCUT2D eigenvalue weighted by Gasteiger charge is -2.09. The van der Waals surface area contributed by atoms with Crippen LogP contribution < -0.4 is 18.9 Å². The Hall–Kier alpha value is -7.74. The second kappa shape index (κ2) is 19.8. The van der Waals surface area contributed by atoms with Gasteiger partial charge in [-0.05, 0) is 131 Å². The van der Waals surface area contributed by atoms with E-state index in [0.29, 0.717) is 11.1 Å². The minimum atomic E-state index is -1.00. The number of ether oxygens (including phenoxy) is 5. The van der Waals surface area contributed by atoms with Crippen LogP contribution in [-0.2, 0) is 27.2 Å². The highest BCUT2D eigenvalue weighted by Gasteiger charge is 2.19. The summed E-state index contributed by atoms with van der Waals surface area (Å²) in [6.45, 7) is 0. The third kappa shape index (κ3) is 12.1. The number of esters is 6. The van der Waals surface area contributed by atoms with Crippen LogP contribution in [0.15, 0.2) is 146 Å². The SMILES string of the molecule is O=C(Cc1ccc(C(=O)Cl)cc1)Oc1cccc(OC(=O)c2ccc(C(=O)OC(=O)c3cccc(CC(=O)Oc4cccc(OC(=O)c5ccc(C(=O)Cl)cc5)c4)c3)cc2)c1. The molecule has 304 valence electrons. The highest BCUT2D eigenvalue weighted by atomic mass is 35.5. The Balaban J connectivity index is 0.977. The molecule has 0 saturated heterocycles. The fourth-order valence-corrected chi connectivity index (χ4v) is 5.70. The summed E-state index contributed by atoms with van der Waals surface area (Å²) in [4.78, 5) is 98.9. The third-order valence-electron chi connectivity index (χ3n) is 8.43. The molecule has 13 nitrogen and oxygen atoms in total. The van der Waals surface area contributed by atoms with Gasteiger partial charge in [0.2, 0.25) is 0 Å². The standard InChI is InChI=1S/C46H28Cl2O13/c47-41(51)29-12-10-27(11-13-29)23-39(49)57-35-6-2-8-37(25-35)60-44(54)32-18-20-33(21-19-32)45(55)61-46(56)34-5-1-4-28(22-34)24-40(50)58-36-7-3-9-38(26-36)59-43(53)31-16-14-30(15-17-31)42(48)52/h1-22,25-26H,23-24H2. The van der Waals surface area contributed by atoms with Gasteiger partial charge in [0.25, 0.3) is 10.5 Å². The van der Waals surface area contributed by atoms with Gasteiger partial charge in [0, 0.05) is 23.3 Å². The summed E-state index contributed by atoms with van der Waals surface area (Å²) in [5.74, 6) is -4.45. The van der Waals surface area contributed by atoms with E-state index in [2.05, 4.69) is 0 Å². The molecule has 0 N–H and O–H groups in total. The number of halogens is 2. The molecule has 0 fully saturated rings. The van der Waals surface area contributed by atoms with E-state index < -0.39 is 46.3 Å². The van der Waals surface area contributed by atoms with Gasteiger partial charge in [-0.15, -0.1) is 0 Å². The van der Waals surface area contributed by atoms with Crippen molar-refractivity contribution in [3.8, 4) is 23.0 Å². The fraction of sp³-hybridized carbons (Fsp3) is 0.0435. The number of rotatable bonds is 14. The van der Waals surface area contributed by atoms with Crippen LogP contribution in [0.2, 0.25) is 0 Å². The van der Waals surface area contributed by atoms with Gasteiger partial charge >= 0.3 is 35.8 Å². The first-order valence-corrected chi connectivity index (χ1v) is 18.7. The predicted molar refractivity (Wildman–Crippen MR) is 217 cm³/mol. The summed E-state index contributed by atoms with van der Waals surface area (Å²) in [6.07, 6.45) is -0.362. The van der Waals surface area contributed by atoms with Gasteiger partial charge in [-0.25, -0.2) is 19.2 Å². The molecule has 0 spiro atoms. The number of hydrogen-bond acceptors (Lipinski definition) is 13. The molecule has 6 aromatic rings. The molecular weight excluding hydrogens is 831 g/mol. The lowest BCUT2D eigenvalue weighted by atomic mass is 10.1. The quantitative estimate of drug-likeness (QED) is 0.0443. The van der Waals surface area contributed by atoms with Crippen LogP contribution in [0.25, 0.3) is 0 Å². The number of carbonyl (C=O) groups is 8. The molecule has 0 aliphatic heterocycles. The van der Waals surface area contributed by atoms with E-state index in [4.69, 9.17) is 46.9 Å². The Morgan fingerprint density at radius 1 is 0.344 bits per heavy atom. The maximum Gasteiger partial charge on any atom is 0.346 e. The van der Waals surface area contributed by atoms with Crippen LogP contribution in [-0.4, -0.2) is 46.3 Å². The van der Waals surface area contributed by atoms with Crippen LogP contribution in [0.5, 0.6) is 23.0 Å². The first kappa shape index (κ1) is 42.9. The summed E-state index contributed by atoms with van der Waals surface area (Å²) in [6, 6.07) is 34.3. The smallest absolute Gasteiger partial charge is 0.346 e. The summed E-state index contributed by atoms with van der Waals surface area (Å²) >= 11 is 10.9. The van der Waals surface area contributed by atoms with E-state index in [0.717, 1.165) is 0 Å². The van der Waals surface area contributed by atoms with Gasteiger partial charge in [-0.1, -0.05) is 36.4 Å². The van der Waals surface area contributed by atoms with Crippen LogP contribution in [0, 0.1) is 0 Å². The molecule has 0 aliphatic carbocycles. The van der Waals surface area contributed by atoms with Crippen molar-refractivity contribution in [1.29, 1.82) is 0 Å². The van der Waals surface area contributed by atoms with Gasteiger partial charge in [0.05, 0.1) is 35.1 Å². The average molecular weight is 860 g/mol. The number of hydrogen-bond donors (Lipinski definition) is 0. The van der Waals surface area contributed by atoms with Crippen LogP contribution in [0.3, 0.4) is 0 Å². The predicted octanol–water partition coefficient (Wildman–Crippen LogP) is 8.18. The van der Waals surface area contributed by atoms with E-state index in [1.165, 1.54) is 127 Å². The molecule has 15 heteroatoms. The molecule has 0 aliphatic rings. The molecule has 0 unspecified atom stereocenters. The Labute approximate surface area is 356 Å². The Morgan fingerprint density at radius 2 is 0.705 bits per heavy atom. The van der Waals surface area contributed by atoms with Crippen LogP contribution in [0.1, 0.15) is 73.3 Å². The molecular formula is C46H28Cl2O13. The van der Waals surface area contributed by atoms with Crippen molar-refractivity contribution in [3.05, 3.63) is 190 Å². The van der Waals surface area contributed by atoms with E-state index in [1.807, 2.05) is 0 Å². The average Bonchev–Trinajstić information content (AvgIpc) is 3.24. The maximum atomic E-state index is 12.9. The molecule has 0 aromatic heterocycles. The molecule has 0 heterocycles. The van der Waals surface area contributed by atoms with E-state index in [-0.39, 0.29) is 69.2 Å². The van der Waals surface area contributed by atoms with Crippen LogP contribution in [0.4, 0.5) is 0 Å². The summed E-state index contributed by atoms with van der Waals surface area (Å²) in [7, 11) is 0. The van der Waals surface area contributed by atoms with Crippen molar-refractivity contribution in [2.45, 2.75) is 12.8 Å². The zero-order valence-electron chi connectivity index (χ0n) is 31.3. The molecule has 6 aromatic carbocycles. The summed E-state index contributed by atoms with van der Waals surface area (Å²) in [5, 5.41) is -1.29. The maximum absolute atomic E-state index is 12.9. The molecule has 0 saturated carbocycles. The normalized spacial score (nSPS) is 10.5. The first-order valence-electron chi connectivity index (χ1n) is 17.9. The molecule has 6 rings (SSSR count). The minimum Gasteiger partial charge on any atom is -0.426 e. The number of benzene rings is 6. The molecule has 61 heavy (non-hydrogen) atoms. The van der Waals surface area contributed by atoms with E-state index >= 15 is 0 Å².